The number of hydrogen-bond acceptors (Lipinski definition) is 3. The lowest BCUT2D eigenvalue weighted by atomic mass is 10.2. The molecule has 0 aliphatic rings. The Morgan fingerprint density at radius 1 is 1.00 bits per heavy atom. The molecule has 0 aliphatic heterocycles. The van der Waals surface area contributed by atoms with E-state index in [2.05, 4.69) is 32.0 Å². The standard InChI is InChI=1S/C15H17NOS/c1-10-4-7-14(11(2)8-10)18-15-9-12(17-3)5-6-13(15)16/h4-9H,16H2,1-3H3. The first kappa shape index (κ1) is 12.8. The SMILES string of the molecule is COc1ccc(N)c(Sc2ccc(C)cc2C)c1. The van der Waals surface area contributed by atoms with Crippen molar-refractivity contribution in [1.82, 2.24) is 0 Å². The quantitative estimate of drug-likeness (QED) is 0.845. The predicted octanol–water partition coefficient (Wildman–Crippen LogP) is 4.05. The second kappa shape index (κ2) is 5.36. The van der Waals surface area contributed by atoms with Crippen molar-refractivity contribution in [2.45, 2.75) is 23.6 Å². The maximum absolute atomic E-state index is 6.00. The van der Waals surface area contributed by atoms with E-state index in [1.165, 1.54) is 16.0 Å². The summed E-state index contributed by atoms with van der Waals surface area (Å²) in [4.78, 5) is 2.25. The van der Waals surface area contributed by atoms with Gasteiger partial charge in [-0.1, -0.05) is 29.5 Å². The Bertz CT molecular complexity index is 566. The summed E-state index contributed by atoms with van der Waals surface area (Å²) in [6, 6.07) is 12.2. The van der Waals surface area contributed by atoms with Crippen molar-refractivity contribution in [3.63, 3.8) is 0 Å². The van der Waals surface area contributed by atoms with Gasteiger partial charge in [0.05, 0.1) is 7.11 Å². The van der Waals surface area contributed by atoms with Crippen molar-refractivity contribution < 1.29 is 4.74 Å². The van der Waals surface area contributed by atoms with Crippen LogP contribution in [0.5, 0.6) is 5.75 Å². The van der Waals surface area contributed by atoms with Gasteiger partial charge in [0, 0.05) is 15.5 Å². The zero-order chi connectivity index (χ0) is 13.1. The summed E-state index contributed by atoms with van der Waals surface area (Å²) in [6.07, 6.45) is 0. The Morgan fingerprint density at radius 2 is 1.78 bits per heavy atom. The lowest BCUT2D eigenvalue weighted by molar-refractivity contribution is 0.414. The normalized spacial score (nSPS) is 10.4. The molecule has 18 heavy (non-hydrogen) atoms. The maximum Gasteiger partial charge on any atom is 0.120 e. The zero-order valence-electron chi connectivity index (χ0n) is 10.9. The molecule has 0 aliphatic carbocycles. The number of ether oxygens (including phenoxy) is 1. The van der Waals surface area contributed by atoms with Gasteiger partial charge in [-0.3, -0.25) is 0 Å². The van der Waals surface area contributed by atoms with Gasteiger partial charge in [0.2, 0.25) is 0 Å². The lowest BCUT2D eigenvalue weighted by Crippen LogP contribution is -1.91. The molecule has 2 N–H and O–H groups in total. The number of nitrogens with two attached hydrogens (primary N) is 1. The molecule has 0 saturated carbocycles. The topological polar surface area (TPSA) is 35.2 Å². The molecular formula is C15H17NOS. The van der Waals surface area contributed by atoms with Gasteiger partial charge in [-0.15, -0.1) is 0 Å². The molecule has 0 saturated heterocycles. The first-order valence-electron chi connectivity index (χ1n) is 5.79. The molecule has 2 aromatic carbocycles. The highest BCUT2D eigenvalue weighted by Crippen LogP contribution is 2.36. The molecule has 0 spiro atoms. The van der Waals surface area contributed by atoms with Crippen LogP contribution in [0.2, 0.25) is 0 Å². The van der Waals surface area contributed by atoms with Crippen LogP contribution in [0.3, 0.4) is 0 Å². The number of rotatable bonds is 3. The van der Waals surface area contributed by atoms with Crippen LogP contribution < -0.4 is 10.5 Å². The number of methoxy groups -OCH3 is 1. The molecule has 0 bridgehead atoms. The first-order valence-corrected chi connectivity index (χ1v) is 6.60. The molecule has 2 aromatic rings. The van der Waals surface area contributed by atoms with Crippen molar-refractivity contribution in [2.75, 3.05) is 12.8 Å². The summed E-state index contributed by atoms with van der Waals surface area (Å²) in [5, 5.41) is 0. The van der Waals surface area contributed by atoms with Crippen molar-refractivity contribution >= 4 is 17.4 Å². The Kier molecular flexibility index (Phi) is 3.82. The zero-order valence-corrected chi connectivity index (χ0v) is 11.7. The molecule has 94 valence electrons. The number of hydrogen-bond donors (Lipinski definition) is 1. The molecule has 2 nitrogen and oxygen atoms in total. The van der Waals surface area contributed by atoms with E-state index in [-0.39, 0.29) is 0 Å². The monoisotopic (exact) mass is 259 g/mol. The third kappa shape index (κ3) is 2.79. The van der Waals surface area contributed by atoms with E-state index in [0.717, 1.165) is 16.3 Å². The molecule has 0 atom stereocenters. The summed E-state index contributed by atoms with van der Waals surface area (Å²) in [7, 11) is 1.66. The van der Waals surface area contributed by atoms with E-state index >= 15 is 0 Å². The molecule has 0 amide bonds. The summed E-state index contributed by atoms with van der Waals surface area (Å²) in [5.74, 6) is 0.830. The highest BCUT2D eigenvalue weighted by Gasteiger charge is 2.06. The van der Waals surface area contributed by atoms with E-state index in [4.69, 9.17) is 10.5 Å². The smallest absolute Gasteiger partial charge is 0.120 e. The molecule has 3 heteroatoms. The molecular weight excluding hydrogens is 242 g/mol. The second-order valence-corrected chi connectivity index (χ2v) is 5.36. The Labute approximate surface area is 112 Å². The summed E-state index contributed by atoms with van der Waals surface area (Å²) in [5.41, 5.74) is 9.31. The second-order valence-electron chi connectivity index (χ2n) is 4.27. The summed E-state index contributed by atoms with van der Waals surface area (Å²) < 4.78 is 5.23. The highest BCUT2D eigenvalue weighted by atomic mass is 32.2. The minimum absolute atomic E-state index is 0.778. The van der Waals surface area contributed by atoms with E-state index in [9.17, 15) is 0 Å². The third-order valence-corrected chi connectivity index (χ3v) is 4.02. The van der Waals surface area contributed by atoms with Gasteiger partial charge in [0.25, 0.3) is 0 Å². The van der Waals surface area contributed by atoms with Gasteiger partial charge in [-0.05, 0) is 43.7 Å². The van der Waals surface area contributed by atoms with Crippen LogP contribution in [0.4, 0.5) is 5.69 Å². The minimum Gasteiger partial charge on any atom is -0.497 e. The van der Waals surface area contributed by atoms with Crippen LogP contribution in [0.25, 0.3) is 0 Å². The van der Waals surface area contributed by atoms with Crippen LogP contribution in [-0.2, 0) is 0 Å². The van der Waals surface area contributed by atoms with E-state index in [1.54, 1.807) is 18.9 Å². The molecule has 0 unspecified atom stereocenters. The van der Waals surface area contributed by atoms with Crippen LogP contribution in [0.1, 0.15) is 11.1 Å². The minimum atomic E-state index is 0.778. The van der Waals surface area contributed by atoms with Gasteiger partial charge >= 0.3 is 0 Å². The van der Waals surface area contributed by atoms with E-state index < -0.39 is 0 Å². The van der Waals surface area contributed by atoms with Gasteiger partial charge < -0.3 is 10.5 Å². The largest absolute Gasteiger partial charge is 0.497 e. The lowest BCUT2D eigenvalue weighted by Gasteiger charge is -2.10. The van der Waals surface area contributed by atoms with Gasteiger partial charge in [-0.2, -0.15) is 0 Å². The Hall–Kier alpha value is -1.61. The number of anilines is 1. The predicted molar refractivity (Wildman–Crippen MR) is 77.4 cm³/mol. The van der Waals surface area contributed by atoms with Crippen molar-refractivity contribution in [2.24, 2.45) is 0 Å². The van der Waals surface area contributed by atoms with Crippen molar-refractivity contribution in [1.29, 1.82) is 0 Å². The van der Waals surface area contributed by atoms with Crippen molar-refractivity contribution in [3.8, 4) is 5.75 Å². The van der Waals surface area contributed by atoms with E-state index in [0.29, 0.717) is 0 Å². The number of benzene rings is 2. The average Bonchev–Trinajstić information content (AvgIpc) is 2.35. The molecule has 0 heterocycles. The molecule has 0 aromatic heterocycles. The highest BCUT2D eigenvalue weighted by molar-refractivity contribution is 7.99. The van der Waals surface area contributed by atoms with Crippen LogP contribution in [0.15, 0.2) is 46.2 Å². The van der Waals surface area contributed by atoms with Gasteiger partial charge in [-0.25, -0.2) is 0 Å². The maximum atomic E-state index is 6.00. The van der Waals surface area contributed by atoms with Gasteiger partial charge in [0.15, 0.2) is 0 Å². The summed E-state index contributed by atoms with van der Waals surface area (Å²) in [6.45, 7) is 4.22. The third-order valence-electron chi connectivity index (χ3n) is 2.77. The average molecular weight is 259 g/mol. The van der Waals surface area contributed by atoms with Crippen molar-refractivity contribution in [3.05, 3.63) is 47.5 Å². The van der Waals surface area contributed by atoms with Crippen LogP contribution in [-0.4, -0.2) is 7.11 Å². The first-order chi connectivity index (χ1) is 8.60. The number of aryl methyl sites for hydroxylation is 2. The van der Waals surface area contributed by atoms with E-state index in [1.807, 2.05) is 18.2 Å². The molecule has 2 rings (SSSR count). The van der Waals surface area contributed by atoms with Crippen LogP contribution in [0, 0.1) is 13.8 Å². The fraction of sp³-hybridized carbons (Fsp3) is 0.200. The fourth-order valence-electron chi connectivity index (χ4n) is 1.76. The van der Waals surface area contributed by atoms with Crippen LogP contribution >= 0.6 is 11.8 Å². The Morgan fingerprint density at radius 3 is 2.44 bits per heavy atom. The molecule has 0 radical (unpaired) electrons. The summed E-state index contributed by atoms with van der Waals surface area (Å²) >= 11 is 1.67. The Balaban J connectivity index is 2.33. The molecule has 0 fully saturated rings. The number of nitrogen functional groups attached to an aromatic ring is 1. The fourth-order valence-corrected chi connectivity index (χ4v) is 2.72. The van der Waals surface area contributed by atoms with Gasteiger partial charge in [0.1, 0.15) is 5.75 Å².